The molecular weight excluding hydrogens is 438 g/mol. The molecule has 35 heavy (non-hydrogen) atoms. The van der Waals surface area contributed by atoms with Gasteiger partial charge in [-0.05, 0) is 80.2 Å². The topological polar surface area (TPSA) is 61.9 Å². The molecule has 0 atom stereocenters. The molecule has 0 aliphatic carbocycles. The molecule has 3 aromatic rings. The van der Waals surface area contributed by atoms with E-state index < -0.39 is 6.09 Å². The molecule has 6 nitrogen and oxygen atoms in total. The van der Waals surface area contributed by atoms with Gasteiger partial charge in [0.15, 0.2) is 0 Å². The van der Waals surface area contributed by atoms with E-state index in [1.165, 1.54) is 36.4 Å². The summed E-state index contributed by atoms with van der Waals surface area (Å²) in [5.41, 5.74) is 3.12. The number of nitrogens with one attached hydrogen (secondary N) is 1. The number of nitrogens with zero attached hydrogens (tertiary/aromatic N) is 2. The Hall–Kier alpha value is -3.64. The third-order valence-corrected chi connectivity index (χ3v) is 6.52. The summed E-state index contributed by atoms with van der Waals surface area (Å²) in [4.78, 5) is 29.2. The number of hydrogen-bond donors (Lipinski definition) is 1. The van der Waals surface area contributed by atoms with E-state index in [-0.39, 0.29) is 5.91 Å². The lowest BCUT2D eigenvalue weighted by Gasteiger charge is -2.30. The van der Waals surface area contributed by atoms with Crippen molar-refractivity contribution in [3.05, 3.63) is 90.0 Å². The average Bonchev–Trinajstić information content (AvgIpc) is 2.89. The predicted octanol–water partition coefficient (Wildman–Crippen LogP) is 5.85. The smallest absolute Gasteiger partial charge is 0.410 e. The van der Waals surface area contributed by atoms with Gasteiger partial charge in [0.25, 0.3) is 5.91 Å². The van der Waals surface area contributed by atoms with Gasteiger partial charge in [-0.3, -0.25) is 9.69 Å². The number of likely N-dealkylation sites (tertiary alicyclic amines) is 1. The minimum Gasteiger partial charge on any atom is -0.410 e. The summed E-state index contributed by atoms with van der Waals surface area (Å²) in [5, 5.41) is 2.89. The van der Waals surface area contributed by atoms with Crippen LogP contribution in [0.2, 0.25) is 0 Å². The number of benzene rings is 3. The van der Waals surface area contributed by atoms with Crippen LogP contribution in [-0.4, -0.2) is 43.6 Å². The third kappa shape index (κ3) is 6.93. The maximum atomic E-state index is 12.8. The molecule has 0 spiro atoms. The van der Waals surface area contributed by atoms with Crippen LogP contribution in [0.25, 0.3) is 0 Å². The van der Waals surface area contributed by atoms with E-state index in [4.69, 9.17) is 4.74 Å². The third-order valence-electron chi connectivity index (χ3n) is 6.52. The largest absolute Gasteiger partial charge is 0.419 e. The molecule has 1 fully saturated rings. The molecule has 0 aromatic heterocycles. The Morgan fingerprint density at radius 1 is 0.971 bits per heavy atom. The number of hydrogen-bond acceptors (Lipinski definition) is 4. The summed E-state index contributed by atoms with van der Waals surface area (Å²) < 4.78 is 5.49. The number of piperidine rings is 1. The normalized spacial score (nSPS) is 14.3. The van der Waals surface area contributed by atoms with Crippen molar-refractivity contribution in [1.29, 1.82) is 0 Å². The zero-order valence-electron chi connectivity index (χ0n) is 20.4. The number of ether oxygens (including phenoxy) is 1. The van der Waals surface area contributed by atoms with Gasteiger partial charge in [0.2, 0.25) is 0 Å². The molecule has 1 aliphatic heterocycles. The fourth-order valence-corrected chi connectivity index (χ4v) is 4.16. The van der Waals surface area contributed by atoms with Crippen molar-refractivity contribution in [3.8, 4) is 5.75 Å². The number of carbonyl (C=O) groups excluding carboxylic acids is 2. The van der Waals surface area contributed by atoms with Crippen molar-refractivity contribution >= 4 is 23.4 Å². The highest BCUT2D eigenvalue weighted by Crippen LogP contribution is 2.21. The van der Waals surface area contributed by atoms with Crippen LogP contribution in [0.3, 0.4) is 0 Å². The second kappa shape index (κ2) is 11.7. The summed E-state index contributed by atoms with van der Waals surface area (Å²) in [6.07, 6.45) is 3.04. The zero-order valence-corrected chi connectivity index (χ0v) is 20.4. The molecule has 1 heterocycles. The van der Waals surface area contributed by atoms with Gasteiger partial charge in [-0.15, -0.1) is 0 Å². The van der Waals surface area contributed by atoms with Gasteiger partial charge in [-0.1, -0.05) is 43.3 Å². The molecule has 1 aliphatic rings. The highest BCUT2D eigenvalue weighted by atomic mass is 16.6. The summed E-state index contributed by atoms with van der Waals surface area (Å²) >= 11 is 0. The number of amides is 2. The molecule has 6 heteroatoms. The molecule has 0 saturated carbocycles. The Labute approximate surface area is 207 Å². The highest BCUT2D eigenvalue weighted by molar-refractivity contribution is 6.04. The van der Waals surface area contributed by atoms with Crippen molar-refractivity contribution < 1.29 is 14.3 Å². The number of carbonyl (C=O) groups is 2. The van der Waals surface area contributed by atoms with Gasteiger partial charge in [-0.2, -0.15) is 0 Å². The zero-order chi connectivity index (χ0) is 24.6. The summed E-state index contributed by atoms with van der Waals surface area (Å²) in [6, 6.07) is 23.9. The van der Waals surface area contributed by atoms with Crippen LogP contribution in [0.4, 0.5) is 16.2 Å². The Balaban J connectivity index is 1.30. The Morgan fingerprint density at radius 2 is 1.69 bits per heavy atom. The SMILES string of the molecule is CC1CCN(CCc2ccc(C(=O)Nc3cccc(OC(=O)N(C)c4ccccc4)c3)cc2)CC1. The highest BCUT2D eigenvalue weighted by Gasteiger charge is 2.16. The van der Waals surface area contributed by atoms with Gasteiger partial charge in [0.05, 0.1) is 0 Å². The Kier molecular flexibility index (Phi) is 8.16. The molecule has 1 N–H and O–H groups in total. The molecule has 2 amide bonds. The molecule has 1 saturated heterocycles. The van der Waals surface area contributed by atoms with E-state index in [1.54, 1.807) is 31.3 Å². The summed E-state index contributed by atoms with van der Waals surface area (Å²) in [6.45, 7) is 5.74. The molecule has 3 aromatic carbocycles. The first-order chi connectivity index (χ1) is 17.0. The van der Waals surface area contributed by atoms with Crippen LogP contribution in [-0.2, 0) is 6.42 Å². The molecular formula is C29H33N3O3. The minimum absolute atomic E-state index is 0.202. The number of rotatable bonds is 7. The second-order valence-corrected chi connectivity index (χ2v) is 9.22. The number of para-hydroxylation sites is 1. The van der Waals surface area contributed by atoms with E-state index >= 15 is 0 Å². The Morgan fingerprint density at radius 3 is 2.40 bits per heavy atom. The average molecular weight is 472 g/mol. The van der Waals surface area contributed by atoms with Crippen molar-refractivity contribution in [2.75, 3.05) is 36.9 Å². The summed E-state index contributed by atoms with van der Waals surface area (Å²) in [7, 11) is 1.65. The van der Waals surface area contributed by atoms with E-state index in [0.717, 1.165) is 24.6 Å². The lowest BCUT2D eigenvalue weighted by Crippen LogP contribution is -2.34. The quantitative estimate of drug-likeness (QED) is 0.470. The lowest BCUT2D eigenvalue weighted by molar-refractivity contribution is 0.102. The maximum absolute atomic E-state index is 12.8. The van der Waals surface area contributed by atoms with E-state index in [0.29, 0.717) is 17.0 Å². The van der Waals surface area contributed by atoms with Gasteiger partial charge in [0.1, 0.15) is 5.75 Å². The van der Waals surface area contributed by atoms with Crippen molar-refractivity contribution in [1.82, 2.24) is 4.90 Å². The van der Waals surface area contributed by atoms with Crippen molar-refractivity contribution in [2.45, 2.75) is 26.2 Å². The van der Waals surface area contributed by atoms with Crippen molar-refractivity contribution in [3.63, 3.8) is 0 Å². The van der Waals surface area contributed by atoms with E-state index in [1.807, 2.05) is 54.6 Å². The standard InChI is InChI=1S/C29H33N3O3/c1-22-15-18-32(19-16-22)20-17-23-11-13-24(14-12-23)28(33)30-25-7-6-10-27(21-25)35-29(34)31(2)26-8-4-3-5-9-26/h3-14,21-22H,15-20H2,1-2H3,(H,30,33). The van der Waals surface area contributed by atoms with Gasteiger partial charge in [0, 0.05) is 36.6 Å². The minimum atomic E-state index is -0.505. The first-order valence-electron chi connectivity index (χ1n) is 12.2. The van der Waals surface area contributed by atoms with Gasteiger partial charge in [-0.25, -0.2) is 4.79 Å². The number of anilines is 2. The molecule has 0 bridgehead atoms. The van der Waals surface area contributed by atoms with Crippen LogP contribution < -0.4 is 15.0 Å². The molecule has 182 valence electrons. The van der Waals surface area contributed by atoms with Gasteiger partial charge >= 0.3 is 6.09 Å². The monoisotopic (exact) mass is 471 g/mol. The second-order valence-electron chi connectivity index (χ2n) is 9.22. The predicted molar refractivity (Wildman–Crippen MR) is 140 cm³/mol. The first kappa shape index (κ1) is 24.5. The van der Waals surface area contributed by atoms with Crippen LogP contribution in [0.1, 0.15) is 35.7 Å². The van der Waals surface area contributed by atoms with E-state index in [9.17, 15) is 9.59 Å². The lowest BCUT2D eigenvalue weighted by atomic mass is 9.99. The van der Waals surface area contributed by atoms with Crippen LogP contribution in [0, 0.1) is 5.92 Å². The molecule has 0 unspecified atom stereocenters. The fraction of sp³-hybridized carbons (Fsp3) is 0.310. The molecule has 4 rings (SSSR count). The van der Waals surface area contributed by atoms with Crippen LogP contribution in [0.5, 0.6) is 5.75 Å². The maximum Gasteiger partial charge on any atom is 0.419 e. The Bertz CT molecular complexity index is 1120. The fourth-order valence-electron chi connectivity index (χ4n) is 4.16. The van der Waals surface area contributed by atoms with Crippen LogP contribution >= 0.6 is 0 Å². The summed E-state index contributed by atoms with van der Waals surface area (Å²) in [5.74, 6) is 0.997. The molecule has 0 radical (unpaired) electrons. The van der Waals surface area contributed by atoms with Crippen molar-refractivity contribution in [2.24, 2.45) is 5.92 Å². The first-order valence-corrected chi connectivity index (χ1v) is 12.2. The van der Waals surface area contributed by atoms with E-state index in [2.05, 4.69) is 17.1 Å². The van der Waals surface area contributed by atoms with Crippen LogP contribution in [0.15, 0.2) is 78.9 Å². The van der Waals surface area contributed by atoms with Gasteiger partial charge < -0.3 is 15.0 Å².